The second-order valence-electron chi connectivity index (χ2n) is 5.37. The molecule has 0 unspecified atom stereocenters. The molecule has 0 aliphatic heterocycles. The van der Waals surface area contributed by atoms with Crippen LogP contribution in [0.1, 0.15) is 16.1 Å². The molecule has 0 amide bonds. The Morgan fingerprint density at radius 2 is 1.80 bits per heavy atom. The number of anilines is 2. The number of rotatable bonds is 6. The van der Waals surface area contributed by atoms with Crippen molar-refractivity contribution in [2.24, 2.45) is 0 Å². The molecule has 25 heavy (non-hydrogen) atoms. The molecule has 0 fully saturated rings. The van der Waals surface area contributed by atoms with Gasteiger partial charge in [-0.25, -0.2) is 14.8 Å². The number of ether oxygens (including phenoxy) is 1. The van der Waals surface area contributed by atoms with Crippen molar-refractivity contribution in [3.05, 3.63) is 71.9 Å². The van der Waals surface area contributed by atoms with Gasteiger partial charge in [-0.05, 0) is 24.3 Å². The van der Waals surface area contributed by atoms with Gasteiger partial charge in [0.1, 0.15) is 5.82 Å². The molecule has 1 heterocycles. The molecule has 0 radical (unpaired) electrons. The van der Waals surface area contributed by atoms with Crippen molar-refractivity contribution in [3.8, 4) is 11.4 Å². The van der Waals surface area contributed by atoms with Crippen molar-refractivity contribution in [2.45, 2.75) is 6.61 Å². The van der Waals surface area contributed by atoms with E-state index in [4.69, 9.17) is 9.84 Å². The molecule has 6 heteroatoms. The largest absolute Gasteiger partial charge is 0.478 e. The summed E-state index contributed by atoms with van der Waals surface area (Å²) in [5, 5.41) is 12.1. The fraction of sp³-hybridized carbons (Fsp3) is 0.105. The molecule has 1 aromatic heterocycles. The maximum Gasteiger partial charge on any atom is 0.335 e. The van der Waals surface area contributed by atoms with Crippen molar-refractivity contribution in [3.63, 3.8) is 0 Å². The molecule has 6 nitrogen and oxygen atoms in total. The average Bonchev–Trinajstić information content (AvgIpc) is 2.63. The van der Waals surface area contributed by atoms with Crippen LogP contribution in [0.15, 0.2) is 60.7 Å². The summed E-state index contributed by atoms with van der Waals surface area (Å²) in [6, 6.07) is 18.0. The monoisotopic (exact) mass is 335 g/mol. The minimum Gasteiger partial charge on any atom is -0.478 e. The molecule has 3 rings (SSSR count). The Labute approximate surface area is 145 Å². The van der Waals surface area contributed by atoms with Gasteiger partial charge in [-0.2, -0.15) is 0 Å². The number of carboxylic acids is 1. The van der Waals surface area contributed by atoms with Crippen LogP contribution in [-0.4, -0.2) is 28.2 Å². The van der Waals surface area contributed by atoms with Crippen LogP contribution in [0.3, 0.4) is 0 Å². The Bertz CT molecular complexity index is 865. The van der Waals surface area contributed by atoms with E-state index in [-0.39, 0.29) is 5.56 Å². The van der Waals surface area contributed by atoms with Gasteiger partial charge in [0.25, 0.3) is 0 Å². The number of hydrogen-bond acceptors (Lipinski definition) is 5. The fourth-order valence-electron chi connectivity index (χ4n) is 2.34. The summed E-state index contributed by atoms with van der Waals surface area (Å²) in [5.74, 6) is 0.256. The van der Waals surface area contributed by atoms with Crippen molar-refractivity contribution >= 4 is 17.5 Å². The molecule has 0 saturated heterocycles. The van der Waals surface area contributed by atoms with E-state index < -0.39 is 5.97 Å². The lowest BCUT2D eigenvalue weighted by Gasteiger charge is -2.10. The fourth-order valence-corrected chi connectivity index (χ4v) is 2.34. The van der Waals surface area contributed by atoms with Crippen molar-refractivity contribution < 1.29 is 14.6 Å². The predicted octanol–water partition coefficient (Wildman–Crippen LogP) is 3.73. The highest BCUT2D eigenvalue weighted by Gasteiger charge is 2.08. The minimum atomic E-state index is -0.956. The highest BCUT2D eigenvalue weighted by atomic mass is 16.5. The van der Waals surface area contributed by atoms with Gasteiger partial charge in [0.05, 0.1) is 17.9 Å². The van der Waals surface area contributed by atoms with Crippen LogP contribution < -0.4 is 5.32 Å². The van der Waals surface area contributed by atoms with E-state index >= 15 is 0 Å². The predicted molar refractivity (Wildman–Crippen MR) is 94.9 cm³/mol. The zero-order valence-electron chi connectivity index (χ0n) is 13.6. The Kier molecular flexibility index (Phi) is 5.01. The third-order valence-corrected chi connectivity index (χ3v) is 3.51. The highest BCUT2D eigenvalue weighted by Crippen LogP contribution is 2.21. The molecular weight excluding hydrogens is 318 g/mol. The third-order valence-electron chi connectivity index (χ3n) is 3.51. The van der Waals surface area contributed by atoms with Crippen LogP contribution in [0.2, 0.25) is 0 Å². The lowest BCUT2D eigenvalue weighted by Crippen LogP contribution is -2.02. The molecule has 0 saturated carbocycles. The summed E-state index contributed by atoms with van der Waals surface area (Å²) >= 11 is 0. The van der Waals surface area contributed by atoms with Gasteiger partial charge in [-0.3, -0.25) is 0 Å². The van der Waals surface area contributed by atoms with E-state index in [0.717, 1.165) is 16.9 Å². The minimum absolute atomic E-state index is 0.235. The Morgan fingerprint density at radius 1 is 1.08 bits per heavy atom. The van der Waals surface area contributed by atoms with E-state index in [2.05, 4.69) is 15.3 Å². The van der Waals surface area contributed by atoms with Gasteiger partial charge in [0.2, 0.25) is 0 Å². The third kappa shape index (κ3) is 4.19. The van der Waals surface area contributed by atoms with Crippen LogP contribution in [0, 0.1) is 0 Å². The summed E-state index contributed by atoms with van der Waals surface area (Å²) in [6.45, 7) is 0.370. The van der Waals surface area contributed by atoms with Gasteiger partial charge >= 0.3 is 5.97 Å². The number of aromatic carboxylic acids is 1. The van der Waals surface area contributed by atoms with Gasteiger partial charge in [0, 0.05) is 24.4 Å². The van der Waals surface area contributed by atoms with Crippen molar-refractivity contribution in [1.82, 2.24) is 9.97 Å². The van der Waals surface area contributed by atoms with Crippen LogP contribution >= 0.6 is 0 Å². The lowest BCUT2D eigenvalue weighted by atomic mass is 10.2. The van der Waals surface area contributed by atoms with Gasteiger partial charge in [-0.1, -0.05) is 30.3 Å². The Balaban J connectivity index is 1.92. The summed E-state index contributed by atoms with van der Waals surface area (Å²) in [5.41, 5.74) is 2.63. The summed E-state index contributed by atoms with van der Waals surface area (Å²) in [7, 11) is 1.61. The maximum absolute atomic E-state index is 10.9. The summed E-state index contributed by atoms with van der Waals surface area (Å²) in [4.78, 5) is 20.0. The first-order valence-electron chi connectivity index (χ1n) is 7.68. The quantitative estimate of drug-likeness (QED) is 0.714. The first-order chi connectivity index (χ1) is 12.2. The van der Waals surface area contributed by atoms with Crippen LogP contribution in [0.25, 0.3) is 11.4 Å². The molecule has 0 atom stereocenters. The van der Waals surface area contributed by atoms with Gasteiger partial charge in [-0.15, -0.1) is 0 Å². The van der Waals surface area contributed by atoms with Crippen LogP contribution in [-0.2, 0) is 11.3 Å². The van der Waals surface area contributed by atoms with E-state index in [1.54, 1.807) is 37.4 Å². The topological polar surface area (TPSA) is 84.3 Å². The molecule has 0 spiro atoms. The molecule has 126 valence electrons. The molecule has 0 aliphatic carbocycles. The molecule has 3 aromatic rings. The zero-order chi connectivity index (χ0) is 17.6. The number of carboxylic acid groups (broad SMARTS) is 1. The molecule has 2 N–H and O–H groups in total. The number of carbonyl (C=O) groups is 1. The zero-order valence-corrected chi connectivity index (χ0v) is 13.6. The standard InChI is InChI=1S/C19H17N3O3/c1-25-12-16-11-17(20-15-9-7-14(8-10-15)19(23)24)22-18(21-16)13-5-3-2-4-6-13/h2-11H,12H2,1H3,(H,23,24)(H,20,21,22). The number of aromatic nitrogens is 2. The van der Waals surface area contributed by atoms with Crippen LogP contribution in [0.4, 0.5) is 11.5 Å². The first kappa shape index (κ1) is 16.6. The van der Waals surface area contributed by atoms with E-state index in [1.165, 1.54) is 0 Å². The first-order valence-corrected chi connectivity index (χ1v) is 7.68. The van der Waals surface area contributed by atoms with E-state index in [1.807, 2.05) is 30.3 Å². The molecule has 0 aliphatic rings. The van der Waals surface area contributed by atoms with Gasteiger partial charge in [0.15, 0.2) is 5.82 Å². The second kappa shape index (κ2) is 7.55. The van der Waals surface area contributed by atoms with E-state index in [0.29, 0.717) is 18.2 Å². The summed E-state index contributed by atoms with van der Waals surface area (Å²) in [6.07, 6.45) is 0. The van der Waals surface area contributed by atoms with E-state index in [9.17, 15) is 4.79 Å². The average molecular weight is 335 g/mol. The number of methoxy groups -OCH3 is 1. The summed E-state index contributed by atoms with van der Waals surface area (Å²) < 4.78 is 5.18. The number of benzene rings is 2. The van der Waals surface area contributed by atoms with Gasteiger partial charge < -0.3 is 15.2 Å². The van der Waals surface area contributed by atoms with Crippen LogP contribution in [0.5, 0.6) is 0 Å². The lowest BCUT2D eigenvalue weighted by molar-refractivity contribution is 0.0697. The Morgan fingerprint density at radius 3 is 2.44 bits per heavy atom. The molecular formula is C19H17N3O3. The normalized spacial score (nSPS) is 10.4. The Hall–Kier alpha value is -3.25. The molecule has 2 aromatic carbocycles. The maximum atomic E-state index is 10.9. The molecule has 0 bridgehead atoms. The second-order valence-corrected chi connectivity index (χ2v) is 5.37. The van der Waals surface area contributed by atoms with Crippen molar-refractivity contribution in [1.29, 1.82) is 0 Å². The SMILES string of the molecule is COCc1cc(Nc2ccc(C(=O)O)cc2)nc(-c2ccccc2)n1. The number of hydrogen-bond donors (Lipinski definition) is 2. The smallest absolute Gasteiger partial charge is 0.335 e. The number of nitrogens with zero attached hydrogens (tertiary/aromatic N) is 2. The van der Waals surface area contributed by atoms with Crippen molar-refractivity contribution in [2.75, 3.05) is 12.4 Å². The highest BCUT2D eigenvalue weighted by molar-refractivity contribution is 5.88. The number of nitrogens with one attached hydrogen (secondary N) is 1.